The fourth-order valence-electron chi connectivity index (χ4n) is 2.56. The van der Waals surface area contributed by atoms with E-state index in [1.165, 1.54) is 12.7 Å². The highest BCUT2D eigenvalue weighted by Crippen LogP contribution is 2.34. The Kier molecular flexibility index (Phi) is 5.34. The topological polar surface area (TPSA) is 46.5 Å². The van der Waals surface area contributed by atoms with Crippen molar-refractivity contribution in [3.8, 4) is 11.1 Å². The molecule has 0 spiro atoms. The lowest BCUT2D eigenvalue weighted by molar-refractivity contribution is 0.0602. The van der Waals surface area contributed by atoms with Crippen LogP contribution >= 0.6 is 0 Å². The van der Waals surface area contributed by atoms with Gasteiger partial charge in [-0.3, -0.25) is 0 Å². The van der Waals surface area contributed by atoms with Crippen molar-refractivity contribution in [3.63, 3.8) is 0 Å². The minimum Gasteiger partial charge on any atom is -0.465 e. The average Bonchev–Trinajstić information content (AvgIpc) is 2.70. The lowest BCUT2D eigenvalue weighted by Gasteiger charge is -2.00. The molecular formula is C19H22O3. The maximum absolute atomic E-state index is 12.0. The Morgan fingerprint density at radius 2 is 1.86 bits per heavy atom. The zero-order valence-electron chi connectivity index (χ0n) is 13.3. The molecule has 0 aliphatic heterocycles. The summed E-state index contributed by atoms with van der Waals surface area (Å²) in [5.74, 6) is 0.107. The van der Waals surface area contributed by atoms with Gasteiger partial charge in [0.25, 0.3) is 0 Å². The molecule has 0 bridgehead atoms. The van der Waals surface area contributed by atoms with E-state index in [1.54, 1.807) is 6.08 Å². The zero-order valence-corrected chi connectivity index (χ0v) is 13.3. The zero-order chi connectivity index (χ0) is 16.1. The number of hydrogen-bond acceptors (Lipinski definition) is 3. The summed E-state index contributed by atoms with van der Waals surface area (Å²) in [6, 6.07) is 10.1. The predicted octanol–water partition coefficient (Wildman–Crippen LogP) is 3.79. The van der Waals surface area contributed by atoms with Crippen LogP contribution in [0.3, 0.4) is 0 Å². The van der Waals surface area contributed by atoms with Gasteiger partial charge in [-0.2, -0.15) is 0 Å². The van der Waals surface area contributed by atoms with Crippen molar-refractivity contribution in [1.29, 1.82) is 0 Å². The van der Waals surface area contributed by atoms with Gasteiger partial charge in [0.2, 0.25) is 0 Å². The van der Waals surface area contributed by atoms with Crippen LogP contribution in [-0.4, -0.2) is 24.8 Å². The largest absolute Gasteiger partial charge is 0.465 e. The van der Waals surface area contributed by atoms with Gasteiger partial charge in [-0.15, -0.1) is 0 Å². The van der Waals surface area contributed by atoms with Gasteiger partial charge in [-0.25, -0.2) is 4.79 Å². The third-order valence-electron chi connectivity index (χ3n) is 3.81. The van der Waals surface area contributed by atoms with Crippen LogP contribution in [0.25, 0.3) is 11.1 Å². The SMILES string of the molecule is COC(=O)c1cc(C/C=C/CO)c2ccc(C(C)C)ccc1-2. The van der Waals surface area contributed by atoms with Gasteiger partial charge in [-0.1, -0.05) is 50.3 Å². The molecule has 116 valence electrons. The van der Waals surface area contributed by atoms with E-state index >= 15 is 0 Å². The van der Waals surface area contributed by atoms with E-state index in [1.807, 2.05) is 18.2 Å². The van der Waals surface area contributed by atoms with Crippen LogP contribution in [-0.2, 0) is 11.2 Å². The molecule has 0 aromatic carbocycles. The van der Waals surface area contributed by atoms with Crippen LogP contribution in [0.2, 0.25) is 0 Å². The summed E-state index contributed by atoms with van der Waals surface area (Å²) in [6.45, 7) is 4.31. The Morgan fingerprint density at radius 3 is 2.45 bits per heavy atom. The van der Waals surface area contributed by atoms with Gasteiger partial charge in [0.05, 0.1) is 19.3 Å². The van der Waals surface area contributed by atoms with Gasteiger partial charge in [0.15, 0.2) is 0 Å². The van der Waals surface area contributed by atoms with Gasteiger partial charge in [0.1, 0.15) is 0 Å². The second kappa shape index (κ2) is 7.23. The van der Waals surface area contributed by atoms with Crippen molar-refractivity contribution >= 4 is 5.97 Å². The van der Waals surface area contributed by atoms with Crippen molar-refractivity contribution in [2.75, 3.05) is 13.7 Å². The Bertz CT molecular complexity index is 656. The predicted molar refractivity (Wildman–Crippen MR) is 88.4 cm³/mol. The molecule has 3 nitrogen and oxygen atoms in total. The number of methoxy groups -OCH3 is 1. The van der Waals surface area contributed by atoms with Crippen molar-refractivity contribution in [1.82, 2.24) is 0 Å². The Balaban J connectivity index is 2.55. The number of fused-ring (bicyclic) bond motifs is 1. The molecule has 2 aliphatic rings. The molecule has 0 saturated carbocycles. The number of ether oxygens (including phenoxy) is 1. The van der Waals surface area contributed by atoms with Crippen LogP contribution in [0.1, 0.15) is 41.3 Å². The highest BCUT2D eigenvalue weighted by Gasteiger charge is 2.20. The summed E-state index contributed by atoms with van der Waals surface area (Å²) in [5.41, 5.74) is 4.84. The van der Waals surface area contributed by atoms with Crippen molar-refractivity contribution < 1.29 is 14.6 Å². The first-order chi connectivity index (χ1) is 10.6. The van der Waals surface area contributed by atoms with Crippen molar-refractivity contribution in [3.05, 3.63) is 59.2 Å². The monoisotopic (exact) mass is 298 g/mol. The first kappa shape index (κ1) is 16.2. The Morgan fingerprint density at radius 1 is 1.18 bits per heavy atom. The van der Waals surface area contributed by atoms with Crippen LogP contribution in [0.4, 0.5) is 0 Å². The maximum Gasteiger partial charge on any atom is 0.338 e. The third-order valence-corrected chi connectivity index (χ3v) is 3.81. The second-order valence-corrected chi connectivity index (χ2v) is 5.58. The van der Waals surface area contributed by atoms with Gasteiger partial charge < -0.3 is 9.84 Å². The molecule has 22 heavy (non-hydrogen) atoms. The normalized spacial score (nSPS) is 11.5. The summed E-state index contributed by atoms with van der Waals surface area (Å²) in [6.07, 6.45) is 4.29. The summed E-state index contributed by atoms with van der Waals surface area (Å²) in [7, 11) is 1.40. The molecule has 0 aromatic heterocycles. The van der Waals surface area contributed by atoms with Crippen molar-refractivity contribution in [2.24, 2.45) is 0 Å². The van der Waals surface area contributed by atoms with Crippen LogP contribution in [0.5, 0.6) is 0 Å². The number of aliphatic hydroxyl groups excluding tert-OH is 1. The van der Waals surface area contributed by atoms with E-state index in [4.69, 9.17) is 9.84 Å². The molecule has 0 saturated heterocycles. The molecule has 0 fully saturated rings. The molecular weight excluding hydrogens is 276 g/mol. The first-order valence-corrected chi connectivity index (χ1v) is 7.48. The standard InChI is InChI=1S/C19H22O3/c1-13(2)14-7-9-16-15(6-4-5-11-20)12-18(19(21)22-3)17(16)10-8-14/h4-5,7-10,12-13,20H,6,11H2,1-3H3/b5-4+. The van der Waals surface area contributed by atoms with E-state index in [0.717, 1.165) is 16.7 Å². The fraction of sp³-hybridized carbons (Fsp3) is 0.316. The van der Waals surface area contributed by atoms with E-state index in [9.17, 15) is 4.79 Å². The number of rotatable bonds is 5. The summed E-state index contributed by atoms with van der Waals surface area (Å²) < 4.78 is 4.89. The van der Waals surface area contributed by atoms with Crippen LogP contribution in [0, 0.1) is 0 Å². The summed E-state index contributed by atoms with van der Waals surface area (Å²) in [4.78, 5) is 12.0. The van der Waals surface area contributed by atoms with Crippen molar-refractivity contribution in [2.45, 2.75) is 26.2 Å². The van der Waals surface area contributed by atoms with Gasteiger partial charge in [-0.05, 0) is 40.7 Å². The lowest BCUT2D eigenvalue weighted by Crippen LogP contribution is -2.00. The van der Waals surface area contributed by atoms with E-state index in [0.29, 0.717) is 17.9 Å². The number of carbonyl (C=O) groups excluding carboxylic acids is 1. The minimum atomic E-state index is -0.320. The molecule has 2 aliphatic carbocycles. The number of carbonyl (C=O) groups is 1. The highest BCUT2D eigenvalue weighted by atomic mass is 16.5. The van der Waals surface area contributed by atoms with Gasteiger partial charge in [0, 0.05) is 0 Å². The summed E-state index contributed by atoms with van der Waals surface area (Å²) in [5, 5.41) is 8.87. The minimum absolute atomic E-state index is 0.0216. The second-order valence-electron chi connectivity index (χ2n) is 5.58. The third kappa shape index (κ3) is 3.37. The fourth-order valence-corrected chi connectivity index (χ4v) is 2.56. The molecule has 0 amide bonds. The molecule has 0 atom stereocenters. The van der Waals surface area contributed by atoms with E-state index in [-0.39, 0.29) is 12.6 Å². The number of aliphatic hydroxyl groups is 1. The van der Waals surface area contributed by atoms with Gasteiger partial charge >= 0.3 is 5.97 Å². The molecule has 0 heterocycles. The lowest BCUT2D eigenvalue weighted by atomic mass is 10.1. The van der Waals surface area contributed by atoms with E-state index in [2.05, 4.69) is 32.0 Å². The molecule has 2 rings (SSSR count). The first-order valence-electron chi connectivity index (χ1n) is 7.48. The maximum atomic E-state index is 12.0. The quantitative estimate of drug-likeness (QED) is 0.675. The molecule has 0 aromatic rings. The Hall–Kier alpha value is -2.13. The molecule has 1 N–H and O–H groups in total. The molecule has 0 radical (unpaired) electrons. The Labute approximate surface area is 131 Å². The van der Waals surface area contributed by atoms with Crippen LogP contribution in [0.15, 0.2) is 42.5 Å². The molecule has 3 heteroatoms. The summed E-state index contributed by atoms with van der Waals surface area (Å²) >= 11 is 0. The smallest absolute Gasteiger partial charge is 0.338 e. The number of allylic oxidation sites excluding steroid dienone is 1. The molecule has 0 unspecified atom stereocenters. The highest BCUT2D eigenvalue weighted by molar-refractivity contribution is 6.00. The number of esters is 1. The number of hydrogen-bond donors (Lipinski definition) is 1. The van der Waals surface area contributed by atoms with Crippen LogP contribution < -0.4 is 0 Å². The average molecular weight is 298 g/mol. The van der Waals surface area contributed by atoms with E-state index < -0.39 is 0 Å².